The third-order valence-corrected chi connectivity index (χ3v) is 3.11. The van der Waals surface area contributed by atoms with Gasteiger partial charge in [-0.3, -0.25) is 14.9 Å². The average Bonchev–Trinajstić information content (AvgIpc) is 2.43. The van der Waals surface area contributed by atoms with Crippen molar-refractivity contribution in [2.75, 3.05) is 4.90 Å². The van der Waals surface area contributed by atoms with E-state index in [1.807, 2.05) is 0 Å². The van der Waals surface area contributed by atoms with Gasteiger partial charge >= 0.3 is 11.8 Å². The number of halogens is 3. The summed E-state index contributed by atoms with van der Waals surface area (Å²) in [6.07, 6.45) is 0. The molecule has 1 fully saturated rings. The van der Waals surface area contributed by atoms with Gasteiger partial charge in [0.25, 0.3) is 0 Å². The van der Waals surface area contributed by atoms with E-state index in [0.717, 1.165) is 4.90 Å². The Kier molecular flexibility index (Phi) is 3.27. The molecule has 2 rings (SSSR count). The number of carbonyl (C=O) groups is 2. The van der Waals surface area contributed by atoms with Crippen LogP contribution in [0.2, 0.25) is 15.1 Å². The fraction of sp³-hybridized carbons (Fsp3) is 0. The highest BCUT2D eigenvalue weighted by molar-refractivity contribution is 7.80. The van der Waals surface area contributed by atoms with E-state index in [1.54, 1.807) is 0 Å². The van der Waals surface area contributed by atoms with Gasteiger partial charge in [-0.1, -0.05) is 34.8 Å². The van der Waals surface area contributed by atoms with E-state index in [9.17, 15) is 9.59 Å². The highest BCUT2D eigenvalue weighted by Crippen LogP contribution is 2.37. The number of benzene rings is 1. The van der Waals surface area contributed by atoms with E-state index < -0.39 is 11.8 Å². The van der Waals surface area contributed by atoms with Crippen molar-refractivity contribution in [3.63, 3.8) is 0 Å². The summed E-state index contributed by atoms with van der Waals surface area (Å²) < 4.78 is 0. The lowest BCUT2D eigenvalue weighted by Crippen LogP contribution is -2.31. The molecule has 8 heteroatoms. The van der Waals surface area contributed by atoms with Gasteiger partial charge in [0.2, 0.25) is 0 Å². The summed E-state index contributed by atoms with van der Waals surface area (Å²) in [5.74, 6) is -1.65. The second-order valence-corrected chi connectivity index (χ2v) is 4.76. The zero-order chi connectivity index (χ0) is 12.7. The van der Waals surface area contributed by atoms with Crippen molar-refractivity contribution < 1.29 is 9.59 Å². The Morgan fingerprint density at radius 1 is 1.12 bits per heavy atom. The minimum absolute atomic E-state index is 0.0638. The lowest BCUT2D eigenvalue weighted by atomic mass is 10.3. The fourth-order valence-corrected chi connectivity index (χ4v) is 2.60. The standard InChI is InChI=1S/C9H3Cl3N2O2S/c10-3-1-4(11)6(5(12)2-3)14-8(16)7(15)13-9(14)17/h1-2H,(H,13,15,17). The van der Waals surface area contributed by atoms with Crippen LogP contribution in [-0.4, -0.2) is 16.9 Å². The molecule has 17 heavy (non-hydrogen) atoms. The third kappa shape index (κ3) is 2.11. The summed E-state index contributed by atoms with van der Waals surface area (Å²) in [6, 6.07) is 2.81. The van der Waals surface area contributed by atoms with Gasteiger partial charge in [0.05, 0.1) is 15.7 Å². The van der Waals surface area contributed by atoms with E-state index in [-0.39, 0.29) is 20.8 Å². The number of thiocarbonyl (C=S) groups is 1. The van der Waals surface area contributed by atoms with E-state index in [0.29, 0.717) is 5.02 Å². The number of rotatable bonds is 1. The molecule has 0 aliphatic carbocycles. The normalized spacial score (nSPS) is 15.5. The molecule has 1 saturated heterocycles. The molecule has 0 bridgehead atoms. The van der Waals surface area contributed by atoms with Crippen LogP contribution in [0.4, 0.5) is 5.69 Å². The lowest BCUT2D eigenvalue weighted by Gasteiger charge is -2.17. The molecule has 0 saturated carbocycles. The van der Waals surface area contributed by atoms with Gasteiger partial charge in [-0.05, 0) is 24.4 Å². The summed E-state index contributed by atoms with van der Waals surface area (Å²) >= 11 is 22.5. The number of hydrogen-bond acceptors (Lipinski definition) is 3. The fourth-order valence-electron chi connectivity index (χ4n) is 1.35. The van der Waals surface area contributed by atoms with E-state index in [2.05, 4.69) is 5.32 Å². The molecule has 88 valence electrons. The summed E-state index contributed by atoms with van der Waals surface area (Å²) in [6.45, 7) is 0. The summed E-state index contributed by atoms with van der Waals surface area (Å²) in [7, 11) is 0. The predicted octanol–water partition coefficient (Wildman–Crippen LogP) is 2.39. The maximum absolute atomic E-state index is 11.6. The van der Waals surface area contributed by atoms with Crippen LogP contribution in [0.5, 0.6) is 0 Å². The van der Waals surface area contributed by atoms with E-state index >= 15 is 0 Å². The van der Waals surface area contributed by atoms with Crippen molar-refractivity contribution in [1.29, 1.82) is 0 Å². The van der Waals surface area contributed by atoms with Crippen molar-refractivity contribution >= 4 is 69.6 Å². The summed E-state index contributed by atoms with van der Waals surface area (Å²) in [5, 5.41) is 2.73. The van der Waals surface area contributed by atoms with Gasteiger partial charge in [-0.15, -0.1) is 0 Å². The Balaban J connectivity index is 2.59. The quantitative estimate of drug-likeness (QED) is 0.640. The van der Waals surface area contributed by atoms with Crippen molar-refractivity contribution in [3.8, 4) is 0 Å². The van der Waals surface area contributed by atoms with Crippen LogP contribution in [0.15, 0.2) is 12.1 Å². The van der Waals surface area contributed by atoms with Gasteiger partial charge in [0.15, 0.2) is 5.11 Å². The van der Waals surface area contributed by atoms with Crippen molar-refractivity contribution in [3.05, 3.63) is 27.2 Å². The maximum atomic E-state index is 11.6. The van der Waals surface area contributed by atoms with Crippen LogP contribution in [0.25, 0.3) is 0 Å². The molecule has 0 aromatic heterocycles. The highest BCUT2D eigenvalue weighted by Gasteiger charge is 2.37. The van der Waals surface area contributed by atoms with Gasteiger partial charge in [-0.2, -0.15) is 0 Å². The molecule has 1 N–H and O–H groups in total. The Morgan fingerprint density at radius 2 is 1.65 bits per heavy atom. The van der Waals surface area contributed by atoms with Crippen LogP contribution in [0, 0.1) is 0 Å². The van der Waals surface area contributed by atoms with Crippen LogP contribution < -0.4 is 10.2 Å². The topological polar surface area (TPSA) is 49.4 Å². The molecule has 0 spiro atoms. The Bertz CT molecular complexity index is 538. The molecular formula is C9H3Cl3N2O2S. The Hall–Kier alpha value is -0.880. The number of anilines is 1. The highest BCUT2D eigenvalue weighted by atomic mass is 35.5. The predicted molar refractivity (Wildman–Crippen MR) is 69.7 cm³/mol. The monoisotopic (exact) mass is 308 g/mol. The molecule has 1 aliphatic rings. The smallest absolute Gasteiger partial charge is 0.294 e. The third-order valence-electron chi connectivity index (χ3n) is 2.03. The summed E-state index contributed by atoms with van der Waals surface area (Å²) in [5.41, 5.74) is 0.145. The van der Waals surface area contributed by atoms with E-state index in [1.165, 1.54) is 12.1 Å². The SMILES string of the molecule is O=C1NC(=S)N(c2c(Cl)cc(Cl)cc2Cl)C1=O. The van der Waals surface area contributed by atoms with E-state index in [4.69, 9.17) is 47.0 Å². The molecular weight excluding hydrogens is 307 g/mol. The number of carbonyl (C=O) groups excluding carboxylic acids is 2. The maximum Gasteiger partial charge on any atom is 0.323 e. The molecule has 2 amide bonds. The minimum atomic E-state index is -0.832. The molecule has 1 heterocycles. The van der Waals surface area contributed by atoms with Gasteiger partial charge < -0.3 is 0 Å². The van der Waals surface area contributed by atoms with Crippen molar-refractivity contribution in [1.82, 2.24) is 5.32 Å². The Labute approximate surface area is 116 Å². The second kappa shape index (κ2) is 4.42. The van der Waals surface area contributed by atoms with Crippen molar-refractivity contribution in [2.24, 2.45) is 0 Å². The molecule has 0 radical (unpaired) electrons. The second-order valence-electron chi connectivity index (χ2n) is 3.12. The largest absolute Gasteiger partial charge is 0.323 e. The number of amides is 2. The van der Waals surface area contributed by atoms with Crippen LogP contribution >= 0.6 is 47.0 Å². The molecule has 1 aromatic carbocycles. The molecule has 0 unspecified atom stereocenters. The zero-order valence-electron chi connectivity index (χ0n) is 7.96. The first kappa shape index (κ1) is 12.6. The van der Waals surface area contributed by atoms with Gasteiger partial charge in [0, 0.05) is 5.02 Å². The molecule has 1 aromatic rings. The summed E-state index contributed by atoms with van der Waals surface area (Å²) in [4.78, 5) is 23.7. The number of nitrogens with zero attached hydrogens (tertiary/aromatic N) is 1. The molecule has 4 nitrogen and oxygen atoms in total. The number of nitrogens with one attached hydrogen (secondary N) is 1. The minimum Gasteiger partial charge on any atom is -0.294 e. The van der Waals surface area contributed by atoms with Crippen molar-refractivity contribution in [2.45, 2.75) is 0 Å². The van der Waals surface area contributed by atoms with Gasteiger partial charge in [-0.25, -0.2) is 4.90 Å². The first-order chi connectivity index (χ1) is 7.91. The zero-order valence-corrected chi connectivity index (χ0v) is 11.0. The molecule has 0 atom stereocenters. The van der Waals surface area contributed by atoms with Crippen LogP contribution in [0.1, 0.15) is 0 Å². The first-order valence-electron chi connectivity index (χ1n) is 4.25. The average molecular weight is 310 g/mol. The molecule has 1 aliphatic heterocycles. The van der Waals surface area contributed by atoms with Gasteiger partial charge in [0.1, 0.15) is 0 Å². The Morgan fingerprint density at radius 3 is 2.06 bits per heavy atom. The number of hydrogen-bond donors (Lipinski definition) is 1. The first-order valence-corrected chi connectivity index (χ1v) is 5.80. The van der Waals surface area contributed by atoms with Crippen LogP contribution in [-0.2, 0) is 9.59 Å². The lowest BCUT2D eigenvalue weighted by molar-refractivity contribution is -0.134. The van der Waals surface area contributed by atoms with Crippen LogP contribution in [0.3, 0.4) is 0 Å².